The molecule has 0 aliphatic carbocycles. The predicted octanol–water partition coefficient (Wildman–Crippen LogP) is 1.82. The Kier molecular flexibility index (Phi) is 2.49. The minimum Gasteiger partial charge on any atom is -0.417 e. The van der Waals surface area contributed by atoms with Crippen LogP contribution in [0.2, 0.25) is 18.6 Å². The molecule has 1 fully saturated rings. The van der Waals surface area contributed by atoms with E-state index in [4.69, 9.17) is 4.43 Å². The average Bonchev–Trinajstić information content (AvgIpc) is 2.16. The zero-order valence-electron chi connectivity index (χ0n) is 7.46. The lowest BCUT2D eigenvalue weighted by Gasteiger charge is -2.22. The second kappa shape index (κ2) is 3.07. The van der Waals surface area contributed by atoms with E-state index < -0.39 is 8.32 Å². The maximum Gasteiger partial charge on any atom is 0.190 e. The Morgan fingerprint density at radius 1 is 1.64 bits per heavy atom. The van der Waals surface area contributed by atoms with E-state index in [9.17, 15) is 4.79 Å². The van der Waals surface area contributed by atoms with Gasteiger partial charge in [0.25, 0.3) is 0 Å². The summed E-state index contributed by atoms with van der Waals surface area (Å²) in [7, 11) is -1.48. The molecule has 1 aliphatic rings. The van der Waals surface area contributed by atoms with Crippen LogP contribution in [0.3, 0.4) is 0 Å². The molecule has 2 atom stereocenters. The van der Waals surface area contributed by atoms with Crippen molar-refractivity contribution in [3.8, 4) is 0 Å². The van der Waals surface area contributed by atoms with E-state index in [1.807, 2.05) is 0 Å². The molecule has 1 saturated heterocycles. The molecule has 0 bridgehead atoms. The highest BCUT2D eigenvalue weighted by molar-refractivity contribution is 6.73. The van der Waals surface area contributed by atoms with Gasteiger partial charge < -0.3 is 9.22 Å². The summed E-state index contributed by atoms with van der Waals surface area (Å²) in [6, 6.07) is 0. The smallest absolute Gasteiger partial charge is 0.190 e. The van der Waals surface area contributed by atoms with Crippen molar-refractivity contribution >= 4 is 14.6 Å². The molecular weight excluding hydrogens is 156 g/mol. The Labute approximate surface area is 69.1 Å². The summed E-state index contributed by atoms with van der Waals surface area (Å²) in [6.45, 7) is 7.43. The maximum absolute atomic E-state index is 10.4. The van der Waals surface area contributed by atoms with Crippen molar-refractivity contribution in [2.75, 3.05) is 6.61 Å². The Balaban J connectivity index is 2.63. The summed E-state index contributed by atoms with van der Waals surface area (Å²) >= 11 is 0. The van der Waals surface area contributed by atoms with Crippen LogP contribution in [-0.4, -0.2) is 21.2 Å². The molecule has 1 aliphatic heterocycles. The highest BCUT2D eigenvalue weighted by Gasteiger charge is 2.42. The molecule has 2 nitrogen and oxygen atoms in total. The van der Waals surface area contributed by atoms with E-state index in [0.29, 0.717) is 17.9 Å². The zero-order chi connectivity index (χ0) is 8.48. The molecule has 0 spiro atoms. The van der Waals surface area contributed by atoms with E-state index in [1.54, 1.807) is 0 Å². The molecule has 0 aromatic heterocycles. The van der Waals surface area contributed by atoms with Gasteiger partial charge in [0.1, 0.15) is 6.29 Å². The molecule has 3 heteroatoms. The van der Waals surface area contributed by atoms with Crippen LogP contribution in [0, 0.1) is 5.92 Å². The fraction of sp³-hybridized carbons (Fsp3) is 0.875. The van der Waals surface area contributed by atoms with Gasteiger partial charge in [-0.05, 0) is 24.6 Å². The summed E-state index contributed by atoms with van der Waals surface area (Å²) in [5, 5.41) is 0. The second-order valence-electron chi connectivity index (χ2n) is 3.90. The Morgan fingerprint density at radius 3 is 2.64 bits per heavy atom. The van der Waals surface area contributed by atoms with Crippen molar-refractivity contribution in [3.63, 3.8) is 0 Å². The lowest BCUT2D eigenvalue weighted by atomic mass is 10.1. The first-order chi connectivity index (χ1) is 5.08. The van der Waals surface area contributed by atoms with Crippen LogP contribution >= 0.6 is 0 Å². The molecule has 64 valence electrons. The van der Waals surface area contributed by atoms with Crippen molar-refractivity contribution in [1.29, 1.82) is 0 Å². The summed E-state index contributed by atoms with van der Waals surface area (Å²) in [5.41, 5.74) is 0.542. The van der Waals surface area contributed by atoms with Gasteiger partial charge in [-0.2, -0.15) is 0 Å². The van der Waals surface area contributed by atoms with Gasteiger partial charge >= 0.3 is 0 Å². The summed E-state index contributed by atoms with van der Waals surface area (Å²) in [4.78, 5) is 10.4. The summed E-state index contributed by atoms with van der Waals surface area (Å²) in [6.07, 6.45) is 1.73. The first-order valence-corrected chi connectivity index (χ1v) is 7.14. The molecule has 11 heavy (non-hydrogen) atoms. The molecule has 0 aromatic rings. The second-order valence-corrected chi connectivity index (χ2v) is 8.14. The minimum atomic E-state index is -1.48. The van der Waals surface area contributed by atoms with Crippen LogP contribution in [0.15, 0.2) is 0 Å². The predicted molar refractivity (Wildman–Crippen MR) is 47.0 cm³/mol. The molecule has 0 amide bonds. The van der Waals surface area contributed by atoms with E-state index in [-0.39, 0.29) is 0 Å². The third-order valence-corrected chi connectivity index (χ3v) is 6.15. The number of hydrogen-bond acceptors (Lipinski definition) is 2. The average molecular weight is 172 g/mol. The van der Waals surface area contributed by atoms with E-state index in [1.165, 1.54) is 0 Å². The Bertz CT molecular complexity index is 156. The molecule has 0 saturated carbocycles. The maximum atomic E-state index is 10.4. The minimum absolute atomic E-state index is 0.542. The molecule has 1 rings (SSSR count). The van der Waals surface area contributed by atoms with Crippen LogP contribution in [0.5, 0.6) is 0 Å². The third kappa shape index (κ3) is 1.71. The van der Waals surface area contributed by atoms with Gasteiger partial charge in [0.15, 0.2) is 8.32 Å². The highest BCUT2D eigenvalue weighted by Crippen LogP contribution is 2.39. The fourth-order valence-electron chi connectivity index (χ4n) is 1.87. The Morgan fingerprint density at radius 2 is 2.27 bits per heavy atom. The lowest BCUT2D eigenvalue weighted by Crippen LogP contribution is -2.31. The van der Waals surface area contributed by atoms with Gasteiger partial charge in [-0.3, -0.25) is 0 Å². The molecule has 1 heterocycles. The van der Waals surface area contributed by atoms with Crippen molar-refractivity contribution in [3.05, 3.63) is 0 Å². The van der Waals surface area contributed by atoms with Crippen LogP contribution < -0.4 is 0 Å². The van der Waals surface area contributed by atoms with E-state index in [0.717, 1.165) is 12.9 Å². The number of carbonyl (C=O) groups is 1. The standard InChI is InChI=1S/C8H16O2Si/c1-7-6-10-11(2,3)8(7)4-5-9/h5,7-8H,4,6H2,1-3H3. The van der Waals surface area contributed by atoms with Crippen molar-refractivity contribution < 1.29 is 9.22 Å². The van der Waals surface area contributed by atoms with Gasteiger partial charge in [0, 0.05) is 13.0 Å². The first-order valence-electron chi connectivity index (χ1n) is 4.15. The monoisotopic (exact) mass is 172 g/mol. The SMILES string of the molecule is CC1CO[Si](C)(C)C1CC=O. The van der Waals surface area contributed by atoms with Crippen molar-refractivity contribution in [2.45, 2.75) is 32.0 Å². The van der Waals surface area contributed by atoms with Crippen molar-refractivity contribution in [1.82, 2.24) is 0 Å². The molecular formula is C8H16O2Si. The topological polar surface area (TPSA) is 26.3 Å². The number of aldehydes is 1. The van der Waals surface area contributed by atoms with Gasteiger partial charge in [-0.15, -0.1) is 0 Å². The lowest BCUT2D eigenvalue weighted by molar-refractivity contribution is -0.108. The number of hydrogen-bond donors (Lipinski definition) is 0. The fourth-order valence-corrected chi connectivity index (χ4v) is 4.91. The van der Waals surface area contributed by atoms with E-state index >= 15 is 0 Å². The number of rotatable bonds is 2. The van der Waals surface area contributed by atoms with Crippen LogP contribution in [-0.2, 0) is 9.22 Å². The van der Waals surface area contributed by atoms with Crippen molar-refractivity contribution in [2.24, 2.45) is 5.92 Å². The van der Waals surface area contributed by atoms with Crippen LogP contribution in [0.1, 0.15) is 13.3 Å². The first kappa shape index (κ1) is 8.94. The normalized spacial score (nSPS) is 35.5. The van der Waals surface area contributed by atoms with Gasteiger partial charge in [0.05, 0.1) is 0 Å². The third-order valence-electron chi connectivity index (χ3n) is 2.65. The largest absolute Gasteiger partial charge is 0.417 e. The van der Waals surface area contributed by atoms with Crippen LogP contribution in [0.4, 0.5) is 0 Å². The van der Waals surface area contributed by atoms with Crippen LogP contribution in [0.25, 0.3) is 0 Å². The molecule has 0 N–H and O–H groups in total. The number of carbonyl (C=O) groups excluding carboxylic acids is 1. The molecule has 0 radical (unpaired) electrons. The quantitative estimate of drug-likeness (QED) is 0.469. The zero-order valence-corrected chi connectivity index (χ0v) is 8.46. The molecule has 0 aromatic carbocycles. The van der Waals surface area contributed by atoms with E-state index in [2.05, 4.69) is 20.0 Å². The Hall–Kier alpha value is -0.153. The summed E-state index contributed by atoms with van der Waals surface area (Å²) < 4.78 is 5.70. The summed E-state index contributed by atoms with van der Waals surface area (Å²) in [5.74, 6) is 0.585. The van der Waals surface area contributed by atoms with Gasteiger partial charge in [-0.1, -0.05) is 6.92 Å². The highest BCUT2D eigenvalue weighted by atomic mass is 28.4. The molecule has 2 unspecified atom stereocenters. The van der Waals surface area contributed by atoms with Gasteiger partial charge in [-0.25, -0.2) is 0 Å². The van der Waals surface area contributed by atoms with Gasteiger partial charge in [0.2, 0.25) is 0 Å².